The summed E-state index contributed by atoms with van der Waals surface area (Å²) >= 11 is 5.67. The Hall–Kier alpha value is -1.69. The lowest BCUT2D eigenvalue weighted by molar-refractivity contribution is -0.139. The maximum absolute atomic E-state index is 13.0. The first-order chi connectivity index (χ1) is 8.81. The normalized spacial score (nSPS) is 12.3. The SMILES string of the molecule is CC(C)C[C@H](NC(=O)c1cc(F)cnc1Cl)C(=O)O. The number of carboxylic acids is 1. The van der Waals surface area contributed by atoms with E-state index >= 15 is 0 Å². The van der Waals surface area contributed by atoms with Gasteiger partial charge in [-0.3, -0.25) is 4.79 Å². The van der Waals surface area contributed by atoms with Crippen molar-refractivity contribution in [1.29, 1.82) is 0 Å². The molecule has 7 heteroatoms. The van der Waals surface area contributed by atoms with Gasteiger partial charge >= 0.3 is 5.97 Å². The molecule has 0 aromatic carbocycles. The van der Waals surface area contributed by atoms with Crippen molar-refractivity contribution in [2.24, 2.45) is 5.92 Å². The molecule has 1 aromatic heterocycles. The summed E-state index contributed by atoms with van der Waals surface area (Å²) in [6.07, 6.45) is 1.14. The van der Waals surface area contributed by atoms with Crippen LogP contribution >= 0.6 is 11.6 Å². The van der Waals surface area contributed by atoms with Crippen molar-refractivity contribution in [3.8, 4) is 0 Å². The Morgan fingerprint density at radius 3 is 2.68 bits per heavy atom. The highest BCUT2D eigenvalue weighted by Crippen LogP contribution is 2.14. The van der Waals surface area contributed by atoms with Crippen molar-refractivity contribution in [3.63, 3.8) is 0 Å². The number of nitrogens with zero attached hydrogens (tertiary/aromatic N) is 1. The second-order valence-electron chi connectivity index (χ2n) is 4.49. The maximum Gasteiger partial charge on any atom is 0.326 e. The number of carboxylic acid groups (broad SMARTS) is 1. The maximum atomic E-state index is 13.0. The van der Waals surface area contributed by atoms with E-state index in [4.69, 9.17) is 16.7 Å². The summed E-state index contributed by atoms with van der Waals surface area (Å²) in [6.45, 7) is 3.66. The molecule has 0 aliphatic carbocycles. The fraction of sp³-hybridized carbons (Fsp3) is 0.417. The van der Waals surface area contributed by atoms with Crippen molar-refractivity contribution >= 4 is 23.5 Å². The van der Waals surface area contributed by atoms with Crippen LogP contribution in [0.2, 0.25) is 5.15 Å². The molecule has 0 aliphatic rings. The molecule has 19 heavy (non-hydrogen) atoms. The fourth-order valence-electron chi connectivity index (χ4n) is 1.51. The van der Waals surface area contributed by atoms with Crippen LogP contribution < -0.4 is 5.32 Å². The summed E-state index contributed by atoms with van der Waals surface area (Å²) in [5, 5.41) is 11.1. The zero-order chi connectivity index (χ0) is 14.6. The van der Waals surface area contributed by atoms with E-state index in [1.807, 2.05) is 13.8 Å². The van der Waals surface area contributed by atoms with Gasteiger partial charge in [-0.1, -0.05) is 25.4 Å². The molecular weight excluding hydrogens is 275 g/mol. The number of pyridine rings is 1. The average molecular weight is 289 g/mol. The Kier molecular flexibility index (Phi) is 5.23. The van der Waals surface area contributed by atoms with E-state index in [0.29, 0.717) is 0 Å². The highest BCUT2D eigenvalue weighted by atomic mass is 35.5. The first-order valence-corrected chi connectivity index (χ1v) is 6.03. The smallest absolute Gasteiger partial charge is 0.326 e. The number of carbonyl (C=O) groups excluding carboxylic acids is 1. The number of nitrogens with one attached hydrogen (secondary N) is 1. The van der Waals surface area contributed by atoms with Gasteiger partial charge < -0.3 is 10.4 Å². The zero-order valence-corrected chi connectivity index (χ0v) is 11.2. The van der Waals surface area contributed by atoms with Gasteiger partial charge in [0, 0.05) is 0 Å². The Labute approximate surface area is 114 Å². The zero-order valence-electron chi connectivity index (χ0n) is 10.5. The molecule has 0 saturated heterocycles. The summed E-state index contributed by atoms with van der Waals surface area (Å²) in [5.74, 6) is -2.54. The number of aliphatic carboxylic acids is 1. The van der Waals surface area contributed by atoms with E-state index in [9.17, 15) is 14.0 Å². The Bertz CT molecular complexity index is 494. The lowest BCUT2D eigenvalue weighted by Gasteiger charge is -2.16. The van der Waals surface area contributed by atoms with Crippen LogP contribution in [-0.2, 0) is 4.79 Å². The number of hydrogen-bond acceptors (Lipinski definition) is 3. The van der Waals surface area contributed by atoms with E-state index in [-0.39, 0.29) is 23.1 Å². The van der Waals surface area contributed by atoms with E-state index in [1.54, 1.807) is 0 Å². The van der Waals surface area contributed by atoms with Gasteiger partial charge in [0.2, 0.25) is 0 Å². The molecule has 1 rings (SSSR count). The number of halogens is 2. The first kappa shape index (κ1) is 15.4. The van der Waals surface area contributed by atoms with Gasteiger partial charge in [-0.05, 0) is 18.4 Å². The van der Waals surface area contributed by atoms with Gasteiger partial charge in [-0.15, -0.1) is 0 Å². The molecule has 104 valence electrons. The van der Waals surface area contributed by atoms with Gasteiger partial charge in [0.1, 0.15) is 17.0 Å². The van der Waals surface area contributed by atoms with Crippen molar-refractivity contribution < 1.29 is 19.1 Å². The summed E-state index contributed by atoms with van der Waals surface area (Å²) in [6, 6.07) is -0.134. The van der Waals surface area contributed by atoms with Gasteiger partial charge in [-0.2, -0.15) is 0 Å². The van der Waals surface area contributed by atoms with Crippen LogP contribution in [-0.4, -0.2) is 28.0 Å². The lowest BCUT2D eigenvalue weighted by Crippen LogP contribution is -2.41. The molecule has 0 radical (unpaired) electrons. The first-order valence-electron chi connectivity index (χ1n) is 5.66. The van der Waals surface area contributed by atoms with Crippen molar-refractivity contribution in [2.75, 3.05) is 0 Å². The van der Waals surface area contributed by atoms with E-state index in [1.165, 1.54) is 0 Å². The molecule has 1 atom stereocenters. The summed E-state index contributed by atoms with van der Waals surface area (Å²) in [7, 11) is 0. The third-order valence-corrected chi connectivity index (χ3v) is 2.66. The molecular formula is C12H14ClFN2O3. The molecule has 1 heterocycles. The van der Waals surface area contributed by atoms with Gasteiger partial charge in [0.05, 0.1) is 11.8 Å². The lowest BCUT2D eigenvalue weighted by atomic mass is 10.0. The molecule has 0 fully saturated rings. The number of hydrogen-bond donors (Lipinski definition) is 2. The number of carbonyl (C=O) groups is 2. The molecule has 2 N–H and O–H groups in total. The molecule has 1 amide bonds. The largest absolute Gasteiger partial charge is 0.480 e. The third-order valence-electron chi connectivity index (χ3n) is 2.36. The van der Waals surface area contributed by atoms with Gasteiger partial charge in [0.15, 0.2) is 0 Å². The topological polar surface area (TPSA) is 79.3 Å². The fourth-order valence-corrected chi connectivity index (χ4v) is 1.70. The molecule has 0 unspecified atom stereocenters. The second-order valence-corrected chi connectivity index (χ2v) is 4.84. The quantitative estimate of drug-likeness (QED) is 0.813. The van der Waals surface area contributed by atoms with Crippen LogP contribution in [0.1, 0.15) is 30.6 Å². The molecule has 0 saturated carbocycles. The summed E-state index contributed by atoms with van der Waals surface area (Å²) in [5.41, 5.74) is -0.184. The van der Waals surface area contributed by atoms with Crippen molar-refractivity contribution in [1.82, 2.24) is 10.3 Å². The second kappa shape index (κ2) is 6.47. The van der Waals surface area contributed by atoms with Crippen LogP contribution in [0.15, 0.2) is 12.3 Å². The number of amides is 1. The van der Waals surface area contributed by atoms with E-state index < -0.39 is 23.7 Å². The Morgan fingerprint density at radius 2 is 2.16 bits per heavy atom. The van der Waals surface area contributed by atoms with Crippen LogP contribution in [0.5, 0.6) is 0 Å². The minimum atomic E-state index is -1.15. The minimum Gasteiger partial charge on any atom is -0.480 e. The molecule has 0 bridgehead atoms. The summed E-state index contributed by atoms with van der Waals surface area (Å²) in [4.78, 5) is 26.4. The van der Waals surface area contributed by atoms with Crippen LogP contribution in [0.4, 0.5) is 4.39 Å². The van der Waals surface area contributed by atoms with E-state index in [0.717, 1.165) is 12.3 Å². The molecule has 5 nitrogen and oxygen atoms in total. The number of aromatic nitrogens is 1. The van der Waals surface area contributed by atoms with Crippen LogP contribution in [0.25, 0.3) is 0 Å². The van der Waals surface area contributed by atoms with E-state index in [2.05, 4.69) is 10.3 Å². The number of rotatable bonds is 5. The molecule has 0 spiro atoms. The summed E-state index contributed by atoms with van der Waals surface area (Å²) < 4.78 is 13.0. The van der Waals surface area contributed by atoms with Crippen LogP contribution in [0.3, 0.4) is 0 Å². The van der Waals surface area contributed by atoms with Gasteiger partial charge in [0.25, 0.3) is 5.91 Å². The van der Waals surface area contributed by atoms with Crippen molar-refractivity contribution in [3.05, 3.63) is 28.8 Å². The highest BCUT2D eigenvalue weighted by molar-refractivity contribution is 6.32. The average Bonchev–Trinajstić information content (AvgIpc) is 2.30. The molecule has 0 aliphatic heterocycles. The third kappa shape index (κ3) is 4.48. The standard InChI is InChI=1S/C12H14ClFN2O3/c1-6(2)3-9(12(18)19)16-11(17)8-4-7(14)5-15-10(8)13/h4-6,9H,3H2,1-2H3,(H,16,17)(H,18,19)/t9-/m0/s1. The monoisotopic (exact) mass is 288 g/mol. The highest BCUT2D eigenvalue weighted by Gasteiger charge is 2.23. The predicted molar refractivity (Wildman–Crippen MR) is 67.6 cm³/mol. The Balaban J connectivity index is 2.87. The van der Waals surface area contributed by atoms with Crippen LogP contribution in [0, 0.1) is 11.7 Å². The van der Waals surface area contributed by atoms with Crippen molar-refractivity contribution in [2.45, 2.75) is 26.3 Å². The minimum absolute atomic E-state index is 0.0857. The Morgan fingerprint density at radius 1 is 1.53 bits per heavy atom. The van der Waals surface area contributed by atoms with Gasteiger partial charge in [-0.25, -0.2) is 14.2 Å². The molecule has 1 aromatic rings. The predicted octanol–water partition coefficient (Wildman–Crippen LogP) is 2.10.